The Morgan fingerprint density at radius 2 is 1.46 bits per heavy atom. The number of aliphatic hydroxyl groups excluding tert-OH is 1. The number of hydrogen-bond donors (Lipinski definition) is 1. The number of hydrogen-bond acceptors (Lipinski definition) is 4. The van der Waals surface area contributed by atoms with Crippen LogP contribution < -0.4 is 0 Å². The van der Waals surface area contributed by atoms with Crippen LogP contribution in [0.1, 0.15) is 44.0 Å². The smallest absolute Gasteiger partial charge is 0.169 e. The molecule has 2 aliphatic rings. The second-order valence-corrected chi connectivity index (χ2v) is 9.34. The molecule has 3 nitrogen and oxygen atoms in total. The summed E-state index contributed by atoms with van der Waals surface area (Å²) in [5.41, 5.74) is 3.41. The van der Waals surface area contributed by atoms with Crippen molar-refractivity contribution in [2.75, 3.05) is 0 Å². The first-order valence-electron chi connectivity index (χ1n) is 9.34. The molecule has 3 atom stereocenters. The highest BCUT2D eigenvalue weighted by Gasteiger charge is 2.46. The van der Waals surface area contributed by atoms with Crippen molar-refractivity contribution >= 4 is 40.1 Å². The SMILES string of the molecule is CC(C)C1=C(C(C)O)SC2=N[C@@H](c3ccc(Cl)cc3)[C@@H](c3ccc(Cl)cc3)N21. The van der Waals surface area contributed by atoms with E-state index in [0.29, 0.717) is 10.0 Å². The number of thioether (sulfide) groups is 1. The third-order valence-electron chi connectivity index (χ3n) is 5.10. The zero-order valence-corrected chi connectivity index (χ0v) is 18.3. The number of amidine groups is 1. The van der Waals surface area contributed by atoms with Crippen LogP contribution in [0.15, 0.2) is 64.1 Å². The zero-order chi connectivity index (χ0) is 20.0. The standard InChI is InChI=1S/C22H22Cl2N2OS/c1-12(2)19-21(13(3)27)28-22-25-18(14-4-8-16(23)9-5-14)20(26(19)22)15-6-10-17(24)11-7-15/h4-13,18,20,27H,1-3H3/t13?,18-,20+/m0/s1. The van der Waals surface area contributed by atoms with Gasteiger partial charge >= 0.3 is 0 Å². The summed E-state index contributed by atoms with van der Waals surface area (Å²) in [6, 6.07) is 15.8. The number of rotatable bonds is 4. The number of fused-ring (bicyclic) bond motifs is 1. The fraction of sp³-hybridized carbons (Fsp3) is 0.318. The monoisotopic (exact) mass is 432 g/mol. The van der Waals surface area contributed by atoms with Crippen LogP contribution in [0.5, 0.6) is 0 Å². The van der Waals surface area contributed by atoms with Crippen molar-refractivity contribution in [2.24, 2.45) is 10.9 Å². The van der Waals surface area contributed by atoms with Gasteiger partial charge in [0.2, 0.25) is 0 Å². The van der Waals surface area contributed by atoms with E-state index in [-0.39, 0.29) is 18.0 Å². The van der Waals surface area contributed by atoms with Gasteiger partial charge in [-0.25, -0.2) is 0 Å². The molecule has 0 spiro atoms. The molecule has 0 aliphatic carbocycles. The van der Waals surface area contributed by atoms with Crippen LogP contribution in [0.2, 0.25) is 10.0 Å². The molecule has 1 N–H and O–H groups in total. The van der Waals surface area contributed by atoms with Gasteiger partial charge in [0, 0.05) is 20.6 Å². The summed E-state index contributed by atoms with van der Waals surface area (Å²) in [6.07, 6.45) is -0.518. The van der Waals surface area contributed by atoms with Crippen molar-refractivity contribution in [3.8, 4) is 0 Å². The van der Waals surface area contributed by atoms with E-state index in [4.69, 9.17) is 28.2 Å². The van der Waals surface area contributed by atoms with Crippen molar-refractivity contribution in [3.05, 3.63) is 80.3 Å². The Kier molecular flexibility index (Phi) is 5.49. The van der Waals surface area contributed by atoms with Crippen molar-refractivity contribution < 1.29 is 5.11 Å². The summed E-state index contributed by atoms with van der Waals surface area (Å²) < 4.78 is 0. The van der Waals surface area contributed by atoms with Crippen molar-refractivity contribution in [1.29, 1.82) is 0 Å². The van der Waals surface area contributed by atoms with Crippen molar-refractivity contribution in [1.82, 2.24) is 4.90 Å². The van der Waals surface area contributed by atoms with Gasteiger partial charge in [0.05, 0.1) is 12.1 Å². The predicted octanol–water partition coefficient (Wildman–Crippen LogP) is 6.44. The van der Waals surface area contributed by atoms with Crippen LogP contribution >= 0.6 is 35.0 Å². The van der Waals surface area contributed by atoms with Gasteiger partial charge in [-0.05, 0) is 48.2 Å². The molecule has 1 unspecified atom stereocenters. The van der Waals surface area contributed by atoms with E-state index >= 15 is 0 Å². The molecule has 0 saturated carbocycles. The van der Waals surface area contributed by atoms with Gasteiger partial charge in [0.25, 0.3) is 0 Å². The summed E-state index contributed by atoms with van der Waals surface area (Å²) >= 11 is 13.8. The highest BCUT2D eigenvalue weighted by molar-refractivity contribution is 8.17. The van der Waals surface area contributed by atoms with Gasteiger partial charge in [-0.1, -0.05) is 73.1 Å². The molecule has 0 saturated heterocycles. The van der Waals surface area contributed by atoms with Crippen LogP contribution in [0.4, 0.5) is 0 Å². The third kappa shape index (κ3) is 3.48. The zero-order valence-electron chi connectivity index (χ0n) is 15.9. The van der Waals surface area contributed by atoms with Crippen LogP contribution in [0.3, 0.4) is 0 Å². The second-order valence-electron chi connectivity index (χ2n) is 7.46. The molecule has 0 fully saturated rings. The Morgan fingerprint density at radius 3 is 1.96 bits per heavy atom. The highest BCUT2D eigenvalue weighted by atomic mass is 35.5. The average molecular weight is 433 g/mol. The quantitative estimate of drug-likeness (QED) is 0.603. The van der Waals surface area contributed by atoms with Gasteiger partial charge in [-0.15, -0.1) is 0 Å². The van der Waals surface area contributed by atoms with Gasteiger partial charge in [0.1, 0.15) is 6.04 Å². The van der Waals surface area contributed by atoms with Crippen molar-refractivity contribution in [2.45, 2.75) is 39.0 Å². The maximum Gasteiger partial charge on any atom is 0.169 e. The molecule has 2 aromatic carbocycles. The molecule has 0 radical (unpaired) electrons. The predicted molar refractivity (Wildman–Crippen MR) is 119 cm³/mol. The fourth-order valence-electron chi connectivity index (χ4n) is 3.88. The van der Waals surface area contributed by atoms with Crippen LogP contribution in [0, 0.1) is 5.92 Å². The Bertz CT molecular complexity index is 936. The fourth-order valence-corrected chi connectivity index (χ4v) is 5.41. The van der Waals surface area contributed by atoms with Gasteiger partial charge in [-0.2, -0.15) is 0 Å². The van der Waals surface area contributed by atoms with E-state index in [1.54, 1.807) is 11.8 Å². The number of halogens is 2. The normalized spacial score (nSPS) is 22.7. The van der Waals surface area contributed by atoms with Gasteiger partial charge < -0.3 is 10.0 Å². The minimum atomic E-state index is -0.518. The van der Waals surface area contributed by atoms with E-state index in [1.165, 1.54) is 0 Å². The minimum absolute atomic E-state index is 0.00888. The topological polar surface area (TPSA) is 35.8 Å². The molecule has 2 heterocycles. The summed E-state index contributed by atoms with van der Waals surface area (Å²) in [6.45, 7) is 6.15. The van der Waals surface area contributed by atoms with Crippen LogP contribution in [-0.4, -0.2) is 21.3 Å². The lowest BCUT2D eigenvalue weighted by Crippen LogP contribution is -2.29. The van der Waals surface area contributed by atoms with E-state index in [9.17, 15) is 5.11 Å². The summed E-state index contributed by atoms with van der Waals surface area (Å²) in [4.78, 5) is 8.37. The Hall–Kier alpha value is -1.46. The number of nitrogens with zero attached hydrogens (tertiary/aromatic N) is 2. The van der Waals surface area contributed by atoms with Crippen molar-refractivity contribution in [3.63, 3.8) is 0 Å². The molecule has 2 aromatic rings. The Morgan fingerprint density at radius 1 is 0.929 bits per heavy atom. The highest BCUT2D eigenvalue weighted by Crippen LogP contribution is 2.53. The molecule has 2 aliphatic heterocycles. The largest absolute Gasteiger partial charge is 0.388 e. The lowest BCUT2D eigenvalue weighted by Gasteiger charge is -2.32. The second kappa shape index (κ2) is 7.75. The number of benzene rings is 2. The molecular weight excluding hydrogens is 411 g/mol. The van der Waals surface area contributed by atoms with Crippen LogP contribution in [-0.2, 0) is 0 Å². The molecular formula is C22H22Cl2N2OS. The lowest BCUT2D eigenvalue weighted by atomic mass is 9.92. The van der Waals surface area contributed by atoms with Gasteiger partial charge in [-0.3, -0.25) is 4.99 Å². The first-order chi connectivity index (χ1) is 13.4. The first-order valence-corrected chi connectivity index (χ1v) is 10.9. The first kappa shape index (κ1) is 19.8. The molecule has 28 heavy (non-hydrogen) atoms. The molecule has 0 bridgehead atoms. The van der Waals surface area contributed by atoms with E-state index < -0.39 is 6.10 Å². The van der Waals surface area contributed by atoms with Gasteiger partial charge in [0.15, 0.2) is 5.17 Å². The third-order valence-corrected chi connectivity index (χ3v) is 6.85. The van der Waals surface area contributed by atoms with E-state index in [1.807, 2.05) is 43.3 Å². The van der Waals surface area contributed by atoms with E-state index in [0.717, 1.165) is 26.9 Å². The minimum Gasteiger partial charge on any atom is -0.388 e. The maximum absolute atomic E-state index is 10.3. The number of allylic oxidation sites excluding steroid dienone is 1. The molecule has 0 amide bonds. The molecule has 4 rings (SSSR count). The molecule has 146 valence electrons. The Balaban J connectivity index is 1.84. The summed E-state index contributed by atoms with van der Waals surface area (Å²) in [5.74, 6) is 0.267. The summed E-state index contributed by atoms with van der Waals surface area (Å²) in [7, 11) is 0. The summed E-state index contributed by atoms with van der Waals surface area (Å²) in [5, 5.41) is 12.7. The van der Waals surface area contributed by atoms with E-state index in [2.05, 4.69) is 30.9 Å². The lowest BCUT2D eigenvalue weighted by molar-refractivity contribution is 0.233. The molecule has 6 heteroatoms. The number of aliphatic imine (C=N–C) groups is 1. The maximum atomic E-state index is 10.3. The Labute approximate surface area is 180 Å². The molecule has 0 aromatic heterocycles. The number of aliphatic hydroxyl groups is 1. The average Bonchev–Trinajstić information content (AvgIpc) is 3.19. The van der Waals surface area contributed by atoms with Crippen LogP contribution in [0.25, 0.3) is 0 Å².